The largest absolute Gasteiger partial charge is 0.479 e. The maximum absolute atomic E-state index is 13.1. The molecule has 1 amide bonds. The third-order valence-corrected chi connectivity index (χ3v) is 1.69. The summed E-state index contributed by atoms with van der Waals surface area (Å²) >= 11 is 0. The van der Waals surface area contributed by atoms with Crippen LogP contribution >= 0.6 is 0 Å². The lowest BCUT2D eigenvalue weighted by Crippen LogP contribution is -2.28. The van der Waals surface area contributed by atoms with Crippen LogP contribution in [0.4, 0.5) is 4.39 Å². The monoisotopic (exact) mass is 227 g/mol. The summed E-state index contributed by atoms with van der Waals surface area (Å²) in [7, 11) is 0. The van der Waals surface area contributed by atoms with Crippen molar-refractivity contribution in [2.45, 2.75) is 6.42 Å². The van der Waals surface area contributed by atoms with Crippen molar-refractivity contribution in [3.05, 3.63) is 35.6 Å². The second kappa shape index (κ2) is 5.82. The van der Waals surface area contributed by atoms with Crippen molar-refractivity contribution in [1.82, 2.24) is 5.48 Å². The number of carbonyl (C=O) groups is 2. The van der Waals surface area contributed by atoms with Crippen LogP contribution in [0.25, 0.3) is 0 Å². The molecule has 0 aliphatic rings. The molecule has 1 aromatic rings. The maximum atomic E-state index is 13.1. The van der Waals surface area contributed by atoms with Crippen LogP contribution in [-0.4, -0.2) is 23.6 Å². The number of rotatable bonds is 5. The van der Waals surface area contributed by atoms with E-state index in [9.17, 15) is 14.0 Å². The van der Waals surface area contributed by atoms with Gasteiger partial charge in [-0.3, -0.25) is 9.63 Å². The summed E-state index contributed by atoms with van der Waals surface area (Å²) in [6.45, 7) is -0.636. The van der Waals surface area contributed by atoms with E-state index in [1.54, 1.807) is 6.07 Å². The molecule has 0 aliphatic carbocycles. The van der Waals surface area contributed by atoms with E-state index in [2.05, 4.69) is 4.84 Å². The van der Waals surface area contributed by atoms with Gasteiger partial charge in [0.15, 0.2) is 6.61 Å². The predicted molar refractivity (Wildman–Crippen MR) is 51.8 cm³/mol. The van der Waals surface area contributed by atoms with Gasteiger partial charge in [-0.15, -0.1) is 0 Å². The van der Waals surface area contributed by atoms with Gasteiger partial charge in [-0.25, -0.2) is 14.7 Å². The Bertz CT molecular complexity index is 394. The molecule has 0 spiro atoms. The van der Waals surface area contributed by atoms with Crippen molar-refractivity contribution in [2.24, 2.45) is 0 Å². The van der Waals surface area contributed by atoms with Gasteiger partial charge in [0.05, 0.1) is 6.42 Å². The molecule has 2 N–H and O–H groups in total. The fourth-order valence-corrected chi connectivity index (χ4v) is 1.03. The summed E-state index contributed by atoms with van der Waals surface area (Å²) in [6.07, 6.45) is -0.202. The Kier molecular flexibility index (Phi) is 4.41. The first-order valence-corrected chi connectivity index (χ1v) is 4.45. The molecule has 6 heteroatoms. The van der Waals surface area contributed by atoms with Crippen molar-refractivity contribution in [1.29, 1.82) is 0 Å². The highest BCUT2D eigenvalue weighted by Gasteiger charge is 2.07. The van der Waals surface area contributed by atoms with E-state index in [0.29, 0.717) is 0 Å². The lowest BCUT2D eigenvalue weighted by molar-refractivity contribution is -0.149. The van der Waals surface area contributed by atoms with Crippen LogP contribution in [0.1, 0.15) is 5.56 Å². The van der Waals surface area contributed by atoms with Crippen LogP contribution in [0.5, 0.6) is 0 Å². The van der Waals surface area contributed by atoms with Gasteiger partial charge in [-0.1, -0.05) is 18.2 Å². The number of carbonyl (C=O) groups excluding carboxylic acids is 1. The molecule has 0 atom stereocenters. The van der Waals surface area contributed by atoms with Crippen LogP contribution in [0.2, 0.25) is 0 Å². The fourth-order valence-electron chi connectivity index (χ4n) is 1.03. The van der Waals surface area contributed by atoms with Crippen molar-refractivity contribution in [2.75, 3.05) is 6.61 Å². The number of halogens is 1. The van der Waals surface area contributed by atoms with Crippen LogP contribution in [0, 0.1) is 5.82 Å². The molecule has 0 unspecified atom stereocenters. The second-order valence-electron chi connectivity index (χ2n) is 2.98. The Morgan fingerprint density at radius 1 is 1.38 bits per heavy atom. The zero-order valence-corrected chi connectivity index (χ0v) is 8.27. The standard InChI is InChI=1S/C10H10FNO4/c11-8-4-2-1-3-7(8)5-9(13)12-16-6-10(14)15/h1-4H,5-6H2,(H,12,13)(H,14,15). The van der Waals surface area contributed by atoms with E-state index in [4.69, 9.17) is 5.11 Å². The minimum absolute atomic E-state index is 0.202. The highest BCUT2D eigenvalue weighted by Crippen LogP contribution is 2.06. The summed E-state index contributed by atoms with van der Waals surface area (Å²) < 4.78 is 13.1. The Morgan fingerprint density at radius 2 is 2.06 bits per heavy atom. The summed E-state index contributed by atoms with van der Waals surface area (Å²) in [5, 5.41) is 8.22. The zero-order valence-electron chi connectivity index (χ0n) is 8.27. The molecule has 0 fully saturated rings. The molecule has 0 saturated heterocycles. The molecule has 0 heterocycles. The van der Waals surface area contributed by atoms with Gasteiger partial charge in [0, 0.05) is 0 Å². The van der Waals surface area contributed by atoms with Crippen LogP contribution < -0.4 is 5.48 Å². The number of aliphatic carboxylic acids is 1. The van der Waals surface area contributed by atoms with Crippen molar-refractivity contribution in [3.8, 4) is 0 Å². The van der Waals surface area contributed by atoms with Gasteiger partial charge >= 0.3 is 5.97 Å². The van der Waals surface area contributed by atoms with E-state index < -0.39 is 24.3 Å². The fraction of sp³-hybridized carbons (Fsp3) is 0.200. The van der Waals surface area contributed by atoms with E-state index >= 15 is 0 Å². The topological polar surface area (TPSA) is 75.6 Å². The molecule has 1 aromatic carbocycles. The lowest BCUT2D eigenvalue weighted by Gasteiger charge is -2.04. The zero-order chi connectivity index (χ0) is 12.0. The number of hydroxylamine groups is 1. The molecule has 0 saturated carbocycles. The van der Waals surface area contributed by atoms with Gasteiger partial charge < -0.3 is 5.11 Å². The summed E-state index contributed by atoms with van der Waals surface area (Å²) in [6, 6.07) is 5.81. The first-order valence-electron chi connectivity index (χ1n) is 4.45. The third-order valence-electron chi connectivity index (χ3n) is 1.69. The van der Waals surface area contributed by atoms with Gasteiger partial charge in [0.2, 0.25) is 5.91 Å². The summed E-state index contributed by atoms with van der Waals surface area (Å²) in [5.74, 6) is -2.30. The summed E-state index contributed by atoms with van der Waals surface area (Å²) in [4.78, 5) is 25.6. The first-order chi connectivity index (χ1) is 7.59. The summed E-state index contributed by atoms with van der Waals surface area (Å²) in [5.41, 5.74) is 2.12. The number of benzene rings is 1. The number of carboxylic acid groups (broad SMARTS) is 1. The van der Waals surface area contributed by atoms with Crippen LogP contribution in [-0.2, 0) is 20.8 Å². The smallest absolute Gasteiger partial charge is 0.332 e. The average Bonchev–Trinajstić information content (AvgIpc) is 2.21. The Morgan fingerprint density at radius 3 is 2.69 bits per heavy atom. The highest BCUT2D eigenvalue weighted by molar-refractivity contribution is 5.77. The molecule has 16 heavy (non-hydrogen) atoms. The minimum Gasteiger partial charge on any atom is -0.479 e. The quantitative estimate of drug-likeness (QED) is 0.718. The Balaban J connectivity index is 2.40. The second-order valence-corrected chi connectivity index (χ2v) is 2.98. The minimum atomic E-state index is -1.20. The molecule has 5 nitrogen and oxygen atoms in total. The maximum Gasteiger partial charge on any atom is 0.332 e. The van der Waals surface area contributed by atoms with Gasteiger partial charge in [-0.2, -0.15) is 0 Å². The van der Waals surface area contributed by atoms with E-state index in [1.807, 2.05) is 5.48 Å². The van der Waals surface area contributed by atoms with E-state index in [1.165, 1.54) is 18.2 Å². The number of hydrogen-bond acceptors (Lipinski definition) is 3. The Labute approximate surface area is 90.8 Å². The van der Waals surface area contributed by atoms with E-state index in [0.717, 1.165) is 0 Å². The number of nitrogens with one attached hydrogen (secondary N) is 1. The lowest BCUT2D eigenvalue weighted by atomic mass is 10.1. The van der Waals surface area contributed by atoms with Crippen molar-refractivity contribution in [3.63, 3.8) is 0 Å². The van der Waals surface area contributed by atoms with E-state index in [-0.39, 0.29) is 12.0 Å². The molecule has 86 valence electrons. The van der Waals surface area contributed by atoms with Gasteiger partial charge in [0.1, 0.15) is 5.82 Å². The van der Waals surface area contributed by atoms with Crippen molar-refractivity contribution >= 4 is 11.9 Å². The molecular weight excluding hydrogens is 217 g/mol. The number of amides is 1. The Hall–Kier alpha value is -1.95. The van der Waals surface area contributed by atoms with Crippen molar-refractivity contribution < 1.29 is 23.9 Å². The number of hydrogen-bond donors (Lipinski definition) is 2. The highest BCUT2D eigenvalue weighted by atomic mass is 19.1. The molecule has 0 radical (unpaired) electrons. The van der Waals surface area contributed by atoms with Gasteiger partial charge in [-0.05, 0) is 11.6 Å². The molecule has 1 rings (SSSR count). The van der Waals surface area contributed by atoms with Crippen LogP contribution in [0.15, 0.2) is 24.3 Å². The normalized spacial score (nSPS) is 9.81. The molecule has 0 aliphatic heterocycles. The number of carboxylic acids is 1. The third kappa shape index (κ3) is 4.05. The first kappa shape index (κ1) is 12.1. The molecule has 0 aromatic heterocycles. The SMILES string of the molecule is O=C(O)CONC(=O)Cc1ccccc1F. The van der Waals surface area contributed by atoms with Gasteiger partial charge in [0.25, 0.3) is 0 Å². The van der Waals surface area contributed by atoms with Crippen LogP contribution in [0.3, 0.4) is 0 Å². The average molecular weight is 227 g/mol. The molecule has 0 bridgehead atoms. The predicted octanol–water partition coefficient (Wildman–Crippen LogP) is 0.501. The molecular formula is C10H10FNO4.